The van der Waals surface area contributed by atoms with Crippen LogP contribution in [0.1, 0.15) is 58.6 Å². The number of rotatable bonds is 3. The molecule has 4 nitrogen and oxygen atoms in total. The topological polar surface area (TPSA) is 50.5 Å². The average molecular weight is 409 g/mol. The summed E-state index contributed by atoms with van der Waals surface area (Å²) in [4.78, 5) is 28.7. The molecule has 1 amide bonds. The van der Waals surface area contributed by atoms with Crippen molar-refractivity contribution in [1.82, 2.24) is 0 Å². The second-order valence-corrected chi connectivity index (χ2v) is 8.40. The van der Waals surface area contributed by atoms with Crippen LogP contribution in [0, 0.1) is 6.92 Å². The van der Waals surface area contributed by atoms with Crippen molar-refractivity contribution in [3.63, 3.8) is 0 Å². The summed E-state index contributed by atoms with van der Waals surface area (Å²) in [5.74, 6) is 0.232. The number of para-hydroxylation sites is 1. The van der Waals surface area contributed by atoms with Crippen LogP contribution in [0.15, 0.2) is 82.0 Å². The molecule has 3 aromatic carbocycles. The summed E-state index contributed by atoms with van der Waals surface area (Å²) < 4.78 is 6.00. The highest BCUT2D eigenvalue weighted by Gasteiger charge is 2.43. The van der Waals surface area contributed by atoms with Crippen LogP contribution in [0.5, 0.6) is 0 Å². The van der Waals surface area contributed by atoms with Crippen LogP contribution in [-0.2, 0) is 0 Å². The second kappa shape index (κ2) is 7.24. The van der Waals surface area contributed by atoms with Crippen molar-refractivity contribution in [2.24, 2.45) is 0 Å². The summed E-state index contributed by atoms with van der Waals surface area (Å²) in [5.41, 5.74) is 4.62. The summed E-state index contributed by atoms with van der Waals surface area (Å²) in [6, 6.07) is 22.5. The Morgan fingerprint density at radius 3 is 2.23 bits per heavy atom. The van der Waals surface area contributed by atoms with Gasteiger partial charge in [0.15, 0.2) is 5.43 Å². The van der Waals surface area contributed by atoms with Crippen molar-refractivity contribution < 1.29 is 9.21 Å². The van der Waals surface area contributed by atoms with Gasteiger partial charge < -0.3 is 4.42 Å². The molecule has 1 unspecified atom stereocenters. The van der Waals surface area contributed by atoms with E-state index in [0.29, 0.717) is 22.5 Å². The van der Waals surface area contributed by atoms with Crippen LogP contribution in [0.25, 0.3) is 11.0 Å². The number of aryl methyl sites for hydroxylation is 1. The van der Waals surface area contributed by atoms with Gasteiger partial charge >= 0.3 is 0 Å². The number of benzene rings is 3. The van der Waals surface area contributed by atoms with Gasteiger partial charge in [-0.3, -0.25) is 14.5 Å². The largest absolute Gasteiger partial charge is 0.450 e. The lowest BCUT2D eigenvalue weighted by Crippen LogP contribution is -2.29. The van der Waals surface area contributed by atoms with Gasteiger partial charge in [-0.2, -0.15) is 0 Å². The third-order valence-electron chi connectivity index (χ3n) is 6.01. The van der Waals surface area contributed by atoms with E-state index in [1.54, 1.807) is 23.1 Å². The van der Waals surface area contributed by atoms with Crippen molar-refractivity contribution in [3.8, 4) is 0 Å². The molecule has 1 aliphatic heterocycles. The quantitative estimate of drug-likeness (QED) is 0.419. The molecule has 2 heterocycles. The van der Waals surface area contributed by atoms with Crippen LogP contribution in [-0.4, -0.2) is 5.91 Å². The van der Waals surface area contributed by atoms with Crippen molar-refractivity contribution in [2.75, 3.05) is 4.90 Å². The summed E-state index contributed by atoms with van der Waals surface area (Å²) in [6.07, 6.45) is 0. The van der Waals surface area contributed by atoms with E-state index in [0.717, 1.165) is 16.8 Å². The van der Waals surface area contributed by atoms with E-state index >= 15 is 0 Å². The van der Waals surface area contributed by atoms with E-state index in [1.807, 2.05) is 49.4 Å². The van der Waals surface area contributed by atoms with Crippen LogP contribution in [0.2, 0.25) is 0 Å². The molecule has 5 rings (SSSR count). The van der Waals surface area contributed by atoms with E-state index in [4.69, 9.17) is 4.42 Å². The van der Waals surface area contributed by atoms with Crippen LogP contribution >= 0.6 is 0 Å². The van der Waals surface area contributed by atoms with Crippen LogP contribution in [0.4, 0.5) is 5.69 Å². The van der Waals surface area contributed by atoms with Gasteiger partial charge in [0, 0.05) is 5.69 Å². The fourth-order valence-corrected chi connectivity index (χ4v) is 4.27. The van der Waals surface area contributed by atoms with Crippen molar-refractivity contribution >= 4 is 22.6 Å². The first-order chi connectivity index (χ1) is 15.0. The molecule has 0 saturated heterocycles. The van der Waals surface area contributed by atoms with Gasteiger partial charge in [0.1, 0.15) is 5.58 Å². The molecule has 4 aromatic rings. The Bertz CT molecular complexity index is 1350. The zero-order valence-electron chi connectivity index (χ0n) is 17.8. The first kappa shape index (κ1) is 19.3. The molecule has 1 aliphatic rings. The Hall–Kier alpha value is -3.66. The Morgan fingerprint density at radius 1 is 0.871 bits per heavy atom. The van der Waals surface area contributed by atoms with E-state index in [-0.39, 0.29) is 17.1 Å². The van der Waals surface area contributed by atoms with E-state index < -0.39 is 6.04 Å². The van der Waals surface area contributed by atoms with Gasteiger partial charge in [0.05, 0.1) is 17.0 Å². The lowest BCUT2D eigenvalue weighted by atomic mass is 9.95. The molecule has 0 bridgehead atoms. The summed E-state index contributed by atoms with van der Waals surface area (Å²) in [6.45, 7) is 6.29. The van der Waals surface area contributed by atoms with E-state index in [9.17, 15) is 9.59 Å². The molecule has 31 heavy (non-hydrogen) atoms. The highest BCUT2D eigenvalue weighted by molar-refractivity contribution is 6.10. The van der Waals surface area contributed by atoms with Crippen molar-refractivity contribution in [2.45, 2.75) is 32.7 Å². The zero-order valence-corrected chi connectivity index (χ0v) is 17.8. The minimum atomic E-state index is -0.535. The van der Waals surface area contributed by atoms with E-state index in [1.165, 1.54) is 5.56 Å². The van der Waals surface area contributed by atoms with Crippen LogP contribution in [0.3, 0.4) is 0 Å². The summed E-state index contributed by atoms with van der Waals surface area (Å²) in [7, 11) is 0. The predicted octanol–water partition coefficient (Wildman–Crippen LogP) is 5.97. The highest BCUT2D eigenvalue weighted by Crippen LogP contribution is 2.41. The fraction of sp³-hybridized carbons (Fsp3) is 0.185. The monoisotopic (exact) mass is 409 g/mol. The van der Waals surface area contributed by atoms with Gasteiger partial charge in [-0.15, -0.1) is 0 Å². The number of hydrogen-bond donors (Lipinski definition) is 0. The number of nitrogens with zero attached hydrogens (tertiary/aromatic N) is 1. The Balaban J connectivity index is 1.77. The maximum absolute atomic E-state index is 13.5. The number of fused-ring (bicyclic) bond motifs is 2. The molecular weight excluding hydrogens is 386 g/mol. The van der Waals surface area contributed by atoms with Gasteiger partial charge in [0.25, 0.3) is 5.91 Å². The number of amides is 1. The zero-order chi connectivity index (χ0) is 21.7. The number of carbonyl (C=O) groups is 1. The third kappa shape index (κ3) is 3.07. The molecule has 0 aliphatic carbocycles. The first-order valence-electron chi connectivity index (χ1n) is 10.5. The average Bonchev–Trinajstić information content (AvgIpc) is 3.07. The molecule has 0 N–H and O–H groups in total. The van der Waals surface area contributed by atoms with Gasteiger partial charge in [-0.05, 0) is 48.2 Å². The maximum atomic E-state index is 13.5. The Kier molecular flexibility index (Phi) is 4.51. The molecule has 0 saturated carbocycles. The molecule has 4 heteroatoms. The Morgan fingerprint density at radius 2 is 1.55 bits per heavy atom. The standard InChI is InChI=1S/C27H23NO3/c1-16(2)18-10-12-19(13-11-18)24-23-25(29)21-6-4-5-7-22(21)31-26(23)27(30)28(24)20-14-8-17(3)9-15-20/h4-16,24H,1-3H3. The van der Waals surface area contributed by atoms with E-state index in [2.05, 4.69) is 26.0 Å². The minimum absolute atomic E-state index is 0.127. The van der Waals surface area contributed by atoms with Crippen molar-refractivity contribution in [1.29, 1.82) is 0 Å². The molecule has 1 aromatic heterocycles. The Labute approximate surface area is 180 Å². The molecule has 0 spiro atoms. The number of anilines is 1. The predicted molar refractivity (Wildman–Crippen MR) is 123 cm³/mol. The minimum Gasteiger partial charge on any atom is -0.450 e. The van der Waals surface area contributed by atoms with Gasteiger partial charge in [0.2, 0.25) is 5.76 Å². The highest BCUT2D eigenvalue weighted by atomic mass is 16.3. The van der Waals surface area contributed by atoms with Gasteiger partial charge in [-0.1, -0.05) is 67.9 Å². The molecule has 0 fully saturated rings. The summed E-state index contributed by atoms with van der Waals surface area (Å²) >= 11 is 0. The molecule has 154 valence electrons. The van der Waals surface area contributed by atoms with Crippen LogP contribution < -0.4 is 10.3 Å². The maximum Gasteiger partial charge on any atom is 0.295 e. The third-order valence-corrected chi connectivity index (χ3v) is 6.01. The lowest BCUT2D eigenvalue weighted by Gasteiger charge is -2.25. The molecular formula is C27H23NO3. The lowest BCUT2D eigenvalue weighted by molar-refractivity contribution is 0.0971. The normalized spacial score (nSPS) is 15.7. The SMILES string of the molecule is Cc1ccc(N2C(=O)c3oc4ccccc4c(=O)c3C2c2ccc(C(C)C)cc2)cc1. The molecule has 1 atom stereocenters. The van der Waals surface area contributed by atoms with Crippen molar-refractivity contribution in [3.05, 3.63) is 111 Å². The summed E-state index contributed by atoms with van der Waals surface area (Å²) in [5, 5.41) is 0.489. The van der Waals surface area contributed by atoms with Gasteiger partial charge in [-0.25, -0.2) is 0 Å². The first-order valence-corrected chi connectivity index (χ1v) is 10.5. The second-order valence-electron chi connectivity index (χ2n) is 8.40. The number of hydrogen-bond acceptors (Lipinski definition) is 3. The fourth-order valence-electron chi connectivity index (χ4n) is 4.27. The molecule has 0 radical (unpaired) electrons. The number of carbonyl (C=O) groups excluding carboxylic acids is 1. The smallest absolute Gasteiger partial charge is 0.295 e.